The number of nitrogens with one attached hydrogen (secondary N) is 2. The molecule has 8 heteroatoms. The molecule has 1 aliphatic rings. The Labute approximate surface area is 159 Å². The van der Waals surface area contributed by atoms with E-state index in [2.05, 4.69) is 32.4 Å². The lowest BCUT2D eigenvalue weighted by Gasteiger charge is -2.32. The first-order valence-corrected chi connectivity index (χ1v) is 9.22. The van der Waals surface area contributed by atoms with Crippen LogP contribution in [0, 0.1) is 12.8 Å². The molecule has 1 fully saturated rings. The number of thiocarbonyl (C=S) groups is 1. The Morgan fingerprint density at radius 1 is 1.42 bits per heavy atom. The number of piperidine rings is 1. The van der Waals surface area contributed by atoms with E-state index in [1.54, 1.807) is 7.11 Å². The Morgan fingerprint density at radius 2 is 2.27 bits per heavy atom. The molecular weight excluding hydrogens is 350 g/mol. The van der Waals surface area contributed by atoms with Crippen LogP contribution in [0.1, 0.15) is 31.3 Å². The number of nitrogens with zero attached hydrogens (tertiary/aromatic N) is 3. The molecule has 26 heavy (non-hydrogen) atoms. The lowest BCUT2D eigenvalue weighted by atomic mass is 10.0. The van der Waals surface area contributed by atoms with E-state index in [9.17, 15) is 0 Å². The molecule has 1 saturated heterocycles. The quantitative estimate of drug-likeness (QED) is 0.772. The molecule has 2 aromatic heterocycles. The average molecular weight is 375 g/mol. The lowest BCUT2D eigenvalue weighted by molar-refractivity contribution is 0.396. The molecule has 0 aromatic carbocycles. The number of aromatic nitrogens is 2. The SMILES string of the molecule is COc1cc(N2CCCC(C)C2)nc(NC(=S)NCc2ccc(C)o2)n1. The highest BCUT2D eigenvalue weighted by molar-refractivity contribution is 7.80. The van der Waals surface area contributed by atoms with Crippen molar-refractivity contribution >= 4 is 29.1 Å². The van der Waals surface area contributed by atoms with E-state index in [1.807, 2.05) is 25.1 Å². The lowest BCUT2D eigenvalue weighted by Crippen LogP contribution is -2.35. The molecule has 140 valence electrons. The van der Waals surface area contributed by atoms with Gasteiger partial charge in [0.25, 0.3) is 0 Å². The van der Waals surface area contributed by atoms with Crippen LogP contribution in [0.5, 0.6) is 5.88 Å². The van der Waals surface area contributed by atoms with Crippen molar-refractivity contribution in [1.29, 1.82) is 0 Å². The summed E-state index contributed by atoms with van der Waals surface area (Å²) in [5.41, 5.74) is 0. The zero-order valence-electron chi connectivity index (χ0n) is 15.4. The summed E-state index contributed by atoms with van der Waals surface area (Å²) in [6.45, 7) is 6.65. The highest BCUT2D eigenvalue weighted by Crippen LogP contribution is 2.25. The molecule has 0 bridgehead atoms. The van der Waals surface area contributed by atoms with Gasteiger partial charge in [0, 0.05) is 19.2 Å². The van der Waals surface area contributed by atoms with Crippen molar-refractivity contribution in [2.24, 2.45) is 5.92 Å². The van der Waals surface area contributed by atoms with Crippen LogP contribution >= 0.6 is 12.2 Å². The van der Waals surface area contributed by atoms with Gasteiger partial charge < -0.3 is 24.7 Å². The van der Waals surface area contributed by atoms with Gasteiger partial charge in [-0.3, -0.25) is 0 Å². The summed E-state index contributed by atoms with van der Waals surface area (Å²) >= 11 is 5.34. The normalized spacial score (nSPS) is 17.0. The number of rotatable bonds is 5. The molecule has 0 amide bonds. The maximum absolute atomic E-state index is 5.52. The van der Waals surface area contributed by atoms with Crippen molar-refractivity contribution < 1.29 is 9.15 Å². The number of methoxy groups -OCH3 is 1. The minimum Gasteiger partial charge on any atom is -0.481 e. The third-order valence-electron chi connectivity index (χ3n) is 4.32. The molecule has 3 rings (SSSR count). The van der Waals surface area contributed by atoms with Crippen molar-refractivity contribution in [2.45, 2.75) is 33.2 Å². The molecule has 7 nitrogen and oxygen atoms in total. The van der Waals surface area contributed by atoms with Crippen LogP contribution in [0.25, 0.3) is 0 Å². The maximum atomic E-state index is 5.52. The van der Waals surface area contributed by atoms with Crippen LogP contribution < -0.4 is 20.3 Å². The van der Waals surface area contributed by atoms with Crippen molar-refractivity contribution in [2.75, 3.05) is 30.4 Å². The molecule has 3 heterocycles. The van der Waals surface area contributed by atoms with Gasteiger partial charge in [0.05, 0.1) is 13.7 Å². The van der Waals surface area contributed by atoms with Gasteiger partial charge in [0.2, 0.25) is 11.8 Å². The Balaban J connectivity index is 1.66. The van der Waals surface area contributed by atoms with E-state index in [-0.39, 0.29) is 0 Å². The molecule has 0 spiro atoms. The van der Waals surface area contributed by atoms with Crippen LogP contribution in [-0.2, 0) is 6.54 Å². The van der Waals surface area contributed by atoms with Crippen LogP contribution in [-0.4, -0.2) is 35.3 Å². The molecule has 0 aliphatic carbocycles. The van der Waals surface area contributed by atoms with Gasteiger partial charge in [-0.15, -0.1) is 0 Å². The van der Waals surface area contributed by atoms with E-state index in [4.69, 9.17) is 21.4 Å². The molecule has 0 saturated carbocycles. The fourth-order valence-electron chi connectivity index (χ4n) is 3.03. The zero-order valence-corrected chi connectivity index (χ0v) is 16.2. The molecule has 1 atom stereocenters. The fourth-order valence-corrected chi connectivity index (χ4v) is 3.19. The standard InChI is InChI=1S/C18H25N5O2S/c1-12-5-4-8-23(11-12)15-9-16(24-3)21-17(20-15)22-18(26)19-10-14-7-6-13(2)25-14/h6-7,9,12H,4-5,8,10-11H2,1-3H3,(H2,19,20,21,22,26). The third-order valence-corrected chi connectivity index (χ3v) is 4.57. The minimum absolute atomic E-state index is 0.422. The second kappa shape index (κ2) is 8.35. The number of ether oxygens (including phenoxy) is 1. The van der Waals surface area contributed by atoms with Crippen LogP contribution in [0.4, 0.5) is 11.8 Å². The van der Waals surface area contributed by atoms with E-state index < -0.39 is 0 Å². The first-order chi connectivity index (χ1) is 12.5. The van der Waals surface area contributed by atoms with Gasteiger partial charge >= 0.3 is 0 Å². The first-order valence-electron chi connectivity index (χ1n) is 8.81. The summed E-state index contributed by atoms with van der Waals surface area (Å²) < 4.78 is 10.9. The van der Waals surface area contributed by atoms with Crippen LogP contribution in [0.15, 0.2) is 22.6 Å². The molecule has 2 N–H and O–H groups in total. The number of hydrogen-bond acceptors (Lipinski definition) is 6. The Morgan fingerprint density at radius 3 is 2.96 bits per heavy atom. The Kier molecular flexibility index (Phi) is 5.92. The molecule has 2 aromatic rings. The second-order valence-corrected chi connectivity index (χ2v) is 7.01. The van der Waals surface area contributed by atoms with Gasteiger partial charge in [0.15, 0.2) is 5.11 Å². The smallest absolute Gasteiger partial charge is 0.234 e. The van der Waals surface area contributed by atoms with E-state index in [0.717, 1.165) is 30.4 Å². The van der Waals surface area contributed by atoms with Crippen molar-refractivity contribution in [1.82, 2.24) is 15.3 Å². The summed E-state index contributed by atoms with van der Waals surface area (Å²) in [6.07, 6.45) is 2.42. The van der Waals surface area contributed by atoms with Crippen molar-refractivity contribution in [3.63, 3.8) is 0 Å². The van der Waals surface area contributed by atoms with Gasteiger partial charge in [-0.05, 0) is 50.0 Å². The van der Waals surface area contributed by atoms with E-state index in [0.29, 0.717) is 29.4 Å². The number of hydrogen-bond donors (Lipinski definition) is 2. The molecule has 0 radical (unpaired) electrons. The number of aryl methyl sites for hydroxylation is 1. The van der Waals surface area contributed by atoms with Gasteiger partial charge in [-0.25, -0.2) is 0 Å². The number of anilines is 2. The highest BCUT2D eigenvalue weighted by Gasteiger charge is 2.19. The van der Waals surface area contributed by atoms with E-state index >= 15 is 0 Å². The summed E-state index contributed by atoms with van der Waals surface area (Å²) in [5, 5.41) is 6.57. The van der Waals surface area contributed by atoms with E-state index in [1.165, 1.54) is 12.8 Å². The molecule has 1 unspecified atom stereocenters. The van der Waals surface area contributed by atoms with Crippen molar-refractivity contribution in [3.8, 4) is 5.88 Å². The average Bonchev–Trinajstić information content (AvgIpc) is 3.05. The zero-order chi connectivity index (χ0) is 18.5. The van der Waals surface area contributed by atoms with Crippen molar-refractivity contribution in [3.05, 3.63) is 29.7 Å². The minimum atomic E-state index is 0.422. The first kappa shape index (κ1) is 18.4. The summed E-state index contributed by atoms with van der Waals surface area (Å²) in [6, 6.07) is 5.71. The summed E-state index contributed by atoms with van der Waals surface area (Å²) in [7, 11) is 1.60. The topological polar surface area (TPSA) is 75.5 Å². The molecule has 1 aliphatic heterocycles. The Hall–Kier alpha value is -2.35. The highest BCUT2D eigenvalue weighted by atomic mass is 32.1. The maximum Gasteiger partial charge on any atom is 0.234 e. The van der Waals surface area contributed by atoms with Crippen LogP contribution in [0.2, 0.25) is 0 Å². The second-order valence-electron chi connectivity index (χ2n) is 6.61. The fraction of sp³-hybridized carbons (Fsp3) is 0.500. The number of furan rings is 1. The predicted octanol–water partition coefficient (Wildman–Crippen LogP) is 3.11. The summed E-state index contributed by atoms with van der Waals surface area (Å²) in [4.78, 5) is 11.2. The summed E-state index contributed by atoms with van der Waals surface area (Å²) in [5.74, 6) is 4.14. The van der Waals surface area contributed by atoms with Gasteiger partial charge in [0.1, 0.15) is 17.3 Å². The van der Waals surface area contributed by atoms with Gasteiger partial charge in [-0.1, -0.05) is 6.92 Å². The van der Waals surface area contributed by atoms with Gasteiger partial charge in [-0.2, -0.15) is 9.97 Å². The monoisotopic (exact) mass is 375 g/mol. The van der Waals surface area contributed by atoms with Crippen LogP contribution in [0.3, 0.4) is 0 Å². The Bertz CT molecular complexity index is 764. The largest absolute Gasteiger partial charge is 0.481 e. The predicted molar refractivity (Wildman–Crippen MR) is 106 cm³/mol. The third kappa shape index (κ3) is 4.85. The molecular formula is C18H25N5O2S.